The van der Waals surface area contributed by atoms with Crippen molar-refractivity contribution in [3.05, 3.63) is 0 Å². The summed E-state index contributed by atoms with van der Waals surface area (Å²) in [5.41, 5.74) is 0.474. The predicted molar refractivity (Wildman–Crippen MR) is 101 cm³/mol. The van der Waals surface area contributed by atoms with Gasteiger partial charge in [-0.3, -0.25) is 9.59 Å². The maximum absolute atomic E-state index is 12.3. The van der Waals surface area contributed by atoms with Gasteiger partial charge in [0, 0.05) is 18.5 Å². The van der Waals surface area contributed by atoms with E-state index >= 15 is 0 Å². The molecule has 6 heteroatoms. The number of rotatable bonds is 4. The fourth-order valence-corrected chi connectivity index (χ4v) is 5.15. The first-order chi connectivity index (χ1) is 12.6. The molecule has 2 saturated carbocycles. The fraction of sp³-hybridized carbons (Fsp3) is 0.900. The van der Waals surface area contributed by atoms with E-state index in [1.54, 1.807) is 0 Å². The molecule has 4 fully saturated rings. The van der Waals surface area contributed by atoms with Gasteiger partial charge in [0.25, 0.3) is 6.47 Å². The van der Waals surface area contributed by atoms with E-state index < -0.39 is 0 Å². The highest BCUT2D eigenvalue weighted by molar-refractivity contribution is 5.82. The lowest BCUT2D eigenvalue weighted by Gasteiger charge is -2.41. The Morgan fingerprint density at radius 1 is 1.15 bits per heavy atom. The van der Waals surface area contributed by atoms with Crippen molar-refractivity contribution in [1.82, 2.24) is 15.1 Å². The summed E-state index contributed by atoms with van der Waals surface area (Å²) in [5, 5.41) is 10.2. The Bertz CT molecular complexity index is 479. The van der Waals surface area contributed by atoms with Crippen LogP contribution >= 0.6 is 0 Å². The summed E-state index contributed by atoms with van der Waals surface area (Å²) < 4.78 is 0. The molecule has 0 aromatic rings. The first-order valence-corrected chi connectivity index (χ1v) is 10.4. The van der Waals surface area contributed by atoms with E-state index in [2.05, 4.69) is 22.2 Å². The van der Waals surface area contributed by atoms with Crippen LogP contribution in [0.3, 0.4) is 0 Å². The molecule has 4 aliphatic rings. The maximum Gasteiger partial charge on any atom is 0.290 e. The summed E-state index contributed by atoms with van der Waals surface area (Å²) in [4.78, 5) is 25.8. The zero-order chi connectivity index (χ0) is 18.6. The van der Waals surface area contributed by atoms with Crippen LogP contribution in [-0.2, 0) is 9.59 Å². The second kappa shape index (κ2) is 8.70. The summed E-state index contributed by atoms with van der Waals surface area (Å²) in [6.07, 6.45) is 10.3. The molecule has 4 rings (SSSR count). The van der Waals surface area contributed by atoms with E-state index in [1.165, 1.54) is 77.5 Å². The molecule has 2 saturated heterocycles. The van der Waals surface area contributed by atoms with Gasteiger partial charge in [-0.2, -0.15) is 0 Å². The van der Waals surface area contributed by atoms with Crippen LogP contribution in [0, 0.1) is 17.3 Å². The maximum atomic E-state index is 12.3. The minimum Gasteiger partial charge on any atom is -0.483 e. The number of nitrogens with one attached hydrogen (secondary N) is 1. The smallest absolute Gasteiger partial charge is 0.290 e. The number of carboxylic acid groups (broad SMARTS) is 1. The van der Waals surface area contributed by atoms with Gasteiger partial charge in [0.15, 0.2) is 0 Å². The number of likely N-dealkylation sites (tertiary alicyclic amines) is 2. The van der Waals surface area contributed by atoms with Crippen LogP contribution in [0.25, 0.3) is 0 Å². The molecule has 0 bridgehead atoms. The van der Waals surface area contributed by atoms with Crippen LogP contribution in [0.1, 0.15) is 51.4 Å². The van der Waals surface area contributed by atoms with Gasteiger partial charge >= 0.3 is 0 Å². The molecule has 148 valence electrons. The Balaban J connectivity index is 0.000000613. The molecule has 2 aliphatic carbocycles. The molecule has 0 aromatic heterocycles. The quantitative estimate of drug-likeness (QED) is 0.743. The molecule has 2 aliphatic heterocycles. The van der Waals surface area contributed by atoms with Gasteiger partial charge < -0.3 is 20.2 Å². The van der Waals surface area contributed by atoms with Crippen molar-refractivity contribution in [2.75, 3.05) is 39.8 Å². The lowest BCUT2D eigenvalue weighted by atomic mass is 9.79. The van der Waals surface area contributed by atoms with Gasteiger partial charge in [0.05, 0.1) is 0 Å². The van der Waals surface area contributed by atoms with E-state index in [-0.39, 0.29) is 6.47 Å². The van der Waals surface area contributed by atoms with Crippen LogP contribution in [0.4, 0.5) is 0 Å². The van der Waals surface area contributed by atoms with Crippen LogP contribution in [-0.4, -0.2) is 73.1 Å². The molecule has 1 amide bonds. The highest BCUT2D eigenvalue weighted by Crippen LogP contribution is 2.65. The Kier molecular flexibility index (Phi) is 6.56. The number of hydrogen-bond donors (Lipinski definition) is 2. The molecule has 6 nitrogen and oxygen atoms in total. The third-order valence-corrected chi connectivity index (χ3v) is 7.27. The Morgan fingerprint density at radius 3 is 2.27 bits per heavy atom. The van der Waals surface area contributed by atoms with E-state index in [4.69, 9.17) is 9.90 Å². The van der Waals surface area contributed by atoms with E-state index in [0.29, 0.717) is 23.2 Å². The van der Waals surface area contributed by atoms with Gasteiger partial charge in [0.1, 0.15) is 0 Å². The molecular formula is C20H35N3O3. The molecule has 26 heavy (non-hydrogen) atoms. The van der Waals surface area contributed by atoms with E-state index in [0.717, 1.165) is 12.6 Å². The Labute approximate surface area is 157 Å². The van der Waals surface area contributed by atoms with E-state index in [9.17, 15) is 4.79 Å². The van der Waals surface area contributed by atoms with Crippen LogP contribution in [0.2, 0.25) is 0 Å². The minimum absolute atomic E-state index is 0.250. The first-order valence-electron chi connectivity index (χ1n) is 10.4. The number of amides is 1. The Hall–Kier alpha value is -1.14. The van der Waals surface area contributed by atoms with Gasteiger partial charge in [-0.25, -0.2) is 0 Å². The second-order valence-corrected chi connectivity index (χ2v) is 8.84. The normalized spacial score (nSPS) is 29.3. The van der Waals surface area contributed by atoms with Gasteiger partial charge in [-0.05, 0) is 89.5 Å². The van der Waals surface area contributed by atoms with Crippen molar-refractivity contribution >= 4 is 12.4 Å². The topological polar surface area (TPSA) is 72.9 Å². The first kappa shape index (κ1) is 19.6. The zero-order valence-corrected chi connectivity index (χ0v) is 16.2. The van der Waals surface area contributed by atoms with E-state index in [1.807, 2.05) is 0 Å². The lowest BCUT2D eigenvalue weighted by Crippen LogP contribution is -2.48. The SMILES string of the molecule is CN1CCC(N2CCC(CNC(=O)C3CC34CCC4)CC2)CC1.O=CO. The van der Waals surface area contributed by atoms with Crippen LogP contribution < -0.4 is 5.32 Å². The van der Waals surface area contributed by atoms with Crippen LogP contribution in [0.5, 0.6) is 0 Å². The van der Waals surface area contributed by atoms with Crippen molar-refractivity contribution in [1.29, 1.82) is 0 Å². The van der Waals surface area contributed by atoms with Gasteiger partial charge in [-0.15, -0.1) is 0 Å². The molecule has 2 heterocycles. The number of nitrogens with zero attached hydrogens (tertiary/aromatic N) is 2. The fourth-order valence-electron chi connectivity index (χ4n) is 5.15. The van der Waals surface area contributed by atoms with Crippen molar-refractivity contribution in [2.45, 2.75) is 57.4 Å². The average molecular weight is 366 g/mol. The van der Waals surface area contributed by atoms with Gasteiger partial charge in [0.2, 0.25) is 5.91 Å². The van der Waals surface area contributed by atoms with Crippen molar-refractivity contribution in [3.63, 3.8) is 0 Å². The summed E-state index contributed by atoms with van der Waals surface area (Å²) in [5.74, 6) is 1.44. The predicted octanol–water partition coefficient (Wildman–Crippen LogP) is 1.80. The number of piperidine rings is 2. The molecular weight excluding hydrogens is 330 g/mol. The average Bonchev–Trinajstić information content (AvgIpc) is 3.38. The lowest BCUT2D eigenvalue weighted by molar-refractivity contribution is -0.124. The number of carbonyl (C=O) groups is 2. The van der Waals surface area contributed by atoms with Gasteiger partial charge in [-0.1, -0.05) is 6.42 Å². The highest BCUT2D eigenvalue weighted by Gasteiger charge is 2.60. The monoisotopic (exact) mass is 365 g/mol. The highest BCUT2D eigenvalue weighted by atomic mass is 16.3. The number of hydrogen-bond acceptors (Lipinski definition) is 4. The standard InChI is InChI=1S/C19H33N3O.CH2O2/c1-21-9-5-16(6-10-21)22-11-3-15(4-12-22)14-20-18(23)17-13-19(17)7-2-8-19;2-1-3/h15-17H,2-14H2,1H3,(H,20,23);1H,(H,2,3). The van der Waals surface area contributed by atoms with Crippen molar-refractivity contribution in [2.24, 2.45) is 17.3 Å². The summed E-state index contributed by atoms with van der Waals surface area (Å²) in [7, 11) is 2.23. The summed E-state index contributed by atoms with van der Waals surface area (Å²) in [6.45, 7) is 5.66. The summed E-state index contributed by atoms with van der Waals surface area (Å²) >= 11 is 0. The largest absolute Gasteiger partial charge is 0.483 e. The van der Waals surface area contributed by atoms with Crippen molar-refractivity contribution in [3.8, 4) is 0 Å². The molecule has 1 unspecified atom stereocenters. The molecule has 1 spiro atoms. The molecule has 0 aromatic carbocycles. The minimum atomic E-state index is -0.250. The summed E-state index contributed by atoms with van der Waals surface area (Å²) in [6, 6.07) is 0.812. The molecule has 2 N–H and O–H groups in total. The number of carbonyl (C=O) groups excluding carboxylic acids is 1. The third-order valence-electron chi connectivity index (χ3n) is 7.27. The molecule has 0 radical (unpaired) electrons. The Morgan fingerprint density at radius 2 is 1.77 bits per heavy atom. The van der Waals surface area contributed by atoms with Crippen LogP contribution in [0.15, 0.2) is 0 Å². The second-order valence-electron chi connectivity index (χ2n) is 8.84. The van der Waals surface area contributed by atoms with Crippen molar-refractivity contribution < 1.29 is 14.7 Å². The third kappa shape index (κ3) is 4.58. The zero-order valence-electron chi connectivity index (χ0n) is 16.2. The molecule has 1 atom stereocenters.